The lowest BCUT2D eigenvalue weighted by molar-refractivity contribution is -0.167. The van der Waals surface area contributed by atoms with E-state index in [0.717, 1.165) is 77.0 Å². The van der Waals surface area contributed by atoms with Crippen molar-refractivity contribution in [1.29, 1.82) is 0 Å². The predicted molar refractivity (Wildman–Crippen MR) is 344 cm³/mol. The molecule has 1 atom stereocenters. The second-order valence-corrected chi connectivity index (χ2v) is 24.1. The van der Waals surface area contributed by atoms with E-state index in [1.807, 2.05) is 0 Å². The van der Waals surface area contributed by atoms with Crippen LogP contribution in [0.1, 0.15) is 393 Å². The number of allylic oxidation sites excluding steroid dienone is 6. The summed E-state index contributed by atoms with van der Waals surface area (Å²) in [5.41, 5.74) is 0. The molecule has 464 valence electrons. The summed E-state index contributed by atoms with van der Waals surface area (Å²) < 4.78 is 16.9. The molecule has 1 unspecified atom stereocenters. The van der Waals surface area contributed by atoms with Gasteiger partial charge in [0.05, 0.1) is 0 Å². The molecule has 0 aromatic rings. The molecule has 6 heteroatoms. The van der Waals surface area contributed by atoms with Crippen LogP contribution in [0.3, 0.4) is 0 Å². The maximum absolute atomic E-state index is 12.9. The summed E-state index contributed by atoms with van der Waals surface area (Å²) in [6.07, 6.45) is 84.8. The topological polar surface area (TPSA) is 78.9 Å². The third-order valence-electron chi connectivity index (χ3n) is 16.1. The largest absolute Gasteiger partial charge is 0.462 e. The number of hydrogen-bond acceptors (Lipinski definition) is 6. The van der Waals surface area contributed by atoms with Crippen LogP contribution >= 0.6 is 0 Å². The quantitative estimate of drug-likeness (QED) is 0.0261. The summed E-state index contributed by atoms with van der Waals surface area (Å²) >= 11 is 0. The van der Waals surface area contributed by atoms with Crippen LogP contribution in [-0.4, -0.2) is 37.2 Å². The lowest BCUT2D eigenvalue weighted by Crippen LogP contribution is -2.30. The minimum Gasteiger partial charge on any atom is -0.462 e. The lowest BCUT2D eigenvalue weighted by Gasteiger charge is -2.18. The van der Waals surface area contributed by atoms with Gasteiger partial charge in [-0.3, -0.25) is 14.4 Å². The third-order valence-corrected chi connectivity index (χ3v) is 16.1. The SMILES string of the molecule is CCCCC/C=C\CCCCCCCC(=O)OCC(COC(=O)CCCCCCCCCCCCCCCCCCCCCCCCCCCCCCCCC)OC(=O)CCCCCCCCC/C=C\C/C=C\CCCCCC. The molecule has 0 aromatic carbocycles. The van der Waals surface area contributed by atoms with E-state index in [-0.39, 0.29) is 31.1 Å². The highest BCUT2D eigenvalue weighted by atomic mass is 16.6. The van der Waals surface area contributed by atoms with Crippen LogP contribution in [0.15, 0.2) is 36.5 Å². The van der Waals surface area contributed by atoms with Crippen LogP contribution in [0, 0.1) is 0 Å². The molecule has 0 aliphatic carbocycles. The Labute approximate surface area is 493 Å². The smallest absolute Gasteiger partial charge is 0.306 e. The van der Waals surface area contributed by atoms with Gasteiger partial charge in [0.25, 0.3) is 0 Å². The molecular weight excluding hydrogens is 973 g/mol. The summed E-state index contributed by atoms with van der Waals surface area (Å²) in [4.78, 5) is 38.3. The van der Waals surface area contributed by atoms with E-state index < -0.39 is 6.10 Å². The molecule has 0 heterocycles. The van der Waals surface area contributed by atoms with E-state index in [9.17, 15) is 14.4 Å². The van der Waals surface area contributed by atoms with Crippen molar-refractivity contribution in [2.45, 2.75) is 399 Å². The molecule has 0 aromatic heterocycles. The van der Waals surface area contributed by atoms with E-state index >= 15 is 0 Å². The zero-order valence-corrected chi connectivity index (χ0v) is 53.4. The fourth-order valence-corrected chi connectivity index (χ4v) is 10.8. The van der Waals surface area contributed by atoms with Gasteiger partial charge in [0.1, 0.15) is 13.2 Å². The molecule has 0 radical (unpaired) electrons. The van der Waals surface area contributed by atoms with E-state index in [0.29, 0.717) is 19.3 Å². The van der Waals surface area contributed by atoms with Crippen molar-refractivity contribution in [3.05, 3.63) is 36.5 Å². The Morgan fingerprint density at radius 2 is 0.456 bits per heavy atom. The van der Waals surface area contributed by atoms with E-state index in [1.54, 1.807) is 0 Å². The number of unbranched alkanes of at least 4 members (excludes halogenated alkanes) is 49. The zero-order chi connectivity index (χ0) is 57.1. The van der Waals surface area contributed by atoms with Gasteiger partial charge in [-0.05, 0) is 77.0 Å². The van der Waals surface area contributed by atoms with E-state index in [2.05, 4.69) is 57.2 Å². The Hall–Kier alpha value is -2.37. The number of esters is 3. The van der Waals surface area contributed by atoms with Crippen LogP contribution in [0.4, 0.5) is 0 Å². The second-order valence-electron chi connectivity index (χ2n) is 24.1. The molecule has 0 rings (SSSR count). The predicted octanol–water partition coefficient (Wildman–Crippen LogP) is 24.3. The Kier molecular flexibility index (Phi) is 66.1. The number of carbonyl (C=O) groups is 3. The fraction of sp³-hybridized carbons (Fsp3) is 0.877. The van der Waals surface area contributed by atoms with Gasteiger partial charge in [-0.1, -0.05) is 333 Å². The van der Waals surface area contributed by atoms with Crippen molar-refractivity contribution in [2.75, 3.05) is 13.2 Å². The van der Waals surface area contributed by atoms with Crippen LogP contribution in [0.5, 0.6) is 0 Å². The second kappa shape index (κ2) is 68.1. The molecular formula is C73H136O6. The fourth-order valence-electron chi connectivity index (χ4n) is 10.8. The van der Waals surface area contributed by atoms with Crippen molar-refractivity contribution in [2.24, 2.45) is 0 Å². The monoisotopic (exact) mass is 1110 g/mol. The average Bonchev–Trinajstić information content (AvgIpc) is 3.45. The van der Waals surface area contributed by atoms with E-state index in [4.69, 9.17) is 14.2 Å². The molecule has 0 aliphatic rings. The highest BCUT2D eigenvalue weighted by Crippen LogP contribution is 2.19. The Bertz CT molecular complexity index is 1320. The normalized spacial score (nSPS) is 12.2. The molecule has 0 N–H and O–H groups in total. The average molecular weight is 1110 g/mol. The molecule has 6 nitrogen and oxygen atoms in total. The highest BCUT2D eigenvalue weighted by molar-refractivity contribution is 5.71. The van der Waals surface area contributed by atoms with Gasteiger partial charge in [-0.25, -0.2) is 0 Å². The third kappa shape index (κ3) is 66.3. The summed E-state index contributed by atoms with van der Waals surface area (Å²) in [5.74, 6) is -0.867. The first kappa shape index (κ1) is 76.6. The van der Waals surface area contributed by atoms with Crippen molar-refractivity contribution < 1.29 is 28.6 Å². The first-order valence-electron chi connectivity index (χ1n) is 35.5. The van der Waals surface area contributed by atoms with Crippen LogP contribution in [0.25, 0.3) is 0 Å². The van der Waals surface area contributed by atoms with Gasteiger partial charge < -0.3 is 14.2 Å². The van der Waals surface area contributed by atoms with Crippen LogP contribution in [-0.2, 0) is 28.6 Å². The maximum atomic E-state index is 12.9. The summed E-state index contributed by atoms with van der Waals surface area (Å²) in [5, 5.41) is 0. The van der Waals surface area contributed by atoms with Gasteiger partial charge in [-0.15, -0.1) is 0 Å². The van der Waals surface area contributed by atoms with Crippen molar-refractivity contribution in [1.82, 2.24) is 0 Å². The van der Waals surface area contributed by atoms with Gasteiger partial charge in [0, 0.05) is 19.3 Å². The molecule has 0 bridgehead atoms. The first-order valence-corrected chi connectivity index (χ1v) is 35.5. The van der Waals surface area contributed by atoms with Crippen LogP contribution < -0.4 is 0 Å². The molecule has 0 fully saturated rings. The van der Waals surface area contributed by atoms with Gasteiger partial charge in [0.15, 0.2) is 6.10 Å². The van der Waals surface area contributed by atoms with Crippen LogP contribution in [0.2, 0.25) is 0 Å². The molecule has 0 saturated carbocycles. The maximum Gasteiger partial charge on any atom is 0.306 e. The molecule has 0 saturated heterocycles. The zero-order valence-electron chi connectivity index (χ0n) is 53.4. The Balaban J connectivity index is 4.12. The first-order chi connectivity index (χ1) is 39.0. The van der Waals surface area contributed by atoms with Crippen molar-refractivity contribution >= 4 is 17.9 Å². The van der Waals surface area contributed by atoms with Crippen molar-refractivity contribution in [3.63, 3.8) is 0 Å². The van der Waals surface area contributed by atoms with E-state index in [1.165, 1.54) is 276 Å². The molecule has 0 amide bonds. The number of ether oxygens (including phenoxy) is 3. The summed E-state index contributed by atoms with van der Waals surface area (Å²) in [6, 6.07) is 0. The molecule has 0 spiro atoms. The standard InChI is InChI=1S/C73H136O6/c1-4-7-10-13-16-19-22-25-27-29-31-32-33-34-35-36-37-38-39-40-41-42-43-45-46-48-51-54-57-60-63-66-72(75)78-69-70(68-77-71(74)65-62-59-56-53-50-24-21-18-15-12-9-6-3)79-73(76)67-64-61-58-55-52-49-47-44-30-28-26-23-20-17-14-11-8-5-2/h18,20-21,23,28,30,70H,4-17,19,22,24-27,29,31-69H2,1-3H3/b21-18-,23-20-,30-28-. The minimum atomic E-state index is -0.778. The van der Waals surface area contributed by atoms with Gasteiger partial charge >= 0.3 is 17.9 Å². The lowest BCUT2D eigenvalue weighted by atomic mass is 10.0. The summed E-state index contributed by atoms with van der Waals surface area (Å²) in [7, 11) is 0. The van der Waals surface area contributed by atoms with Gasteiger partial charge in [-0.2, -0.15) is 0 Å². The van der Waals surface area contributed by atoms with Gasteiger partial charge in [0.2, 0.25) is 0 Å². The molecule has 0 aliphatic heterocycles. The highest BCUT2D eigenvalue weighted by Gasteiger charge is 2.19. The number of rotatable bonds is 66. The summed E-state index contributed by atoms with van der Waals surface area (Å²) in [6.45, 7) is 6.65. The number of carbonyl (C=O) groups excluding carboxylic acids is 3. The Morgan fingerprint density at radius 3 is 0.747 bits per heavy atom. The van der Waals surface area contributed by atoms with Crippen molar-refractivity contribution in [3.8, 4) is 0 Å². The molecule has 79 heavy (non-hydrogen) atoms. The Morgan fingerprint density at radius 1 is 0.253 bits per heavy atom. The number of hydrogen-bond donors (Lipinski definition) is 0. The minimum absolute atomic E-state index is 0.0739.